The van der Waals surface area contributed by atoms with Gasteiger partial charge in [-0.3, -0.25) is 4.79 Å². The Bertz CT molecular complexity index is 515. The quantitative estimate of drug-likeness (QED) is 0.770. The molecule has 1 aromatic carbocycles. The van der Waals surface area contributed by atoms with Crippen LogP contribution in [0.15, 0.2) is 29.2 Å². The van der Waals surface area contributed by atoms with Gasteiger partial charge in [-0.25, -0.2) is 8.42 Å². The molecule has 1 aromatic rings. The van der Waals surface area contributed by atoms with E-state index in [9.17, 15) is 13.2 Å². The first-order valence-corrected chi connectivity index (χ1v) is 8.59. The molecule has 0 spiro atoms. The lowest BCUT2D eigenvalue weighted by molar-refractivity contribution is -0.118. The summed E-state index contributed by atoms with van der Waals surface area (Å²) in [5.41, 5.74) is 1.11. The molecular formula is C15H22O3S. The summed E-state index contributed by atoms with van der Waals surface area (Å²) >= 11 is 0. The van der Waals surface area contributed by atoms with Crippen LogP contribution in [0.5, 0.6) is 0 Å². The van der Waals surface area contributed by atoms with Crippen LogP contribution in [-0.2, 0) is 14.6 Å². The van der Waals surface area contributed by atoms with E-state index in [2.05, 4.69) is 6.92 Å². The van der Waals surface area contributed by atoms with E-state index in [4.69, 9.17) is 0 Å². The Balaban J connectivity index is 2.80. The van der Waals surface area contributed by atoms with Gasteiger partial charge in [0.05, 0.1) is 4.90 Å². The van der Waals surface area contributed by atoms with Gasteiger partial charge in [0, 0.05) is 19.1 Å². The fourth-order valence-corrected chi connectivity index (χ4v) is 2.74. The van der Waals surface area contributed by atoms with Gasteiger partial charge in [-0.05, 0) is 36.5 Å². The summed E-state index contributed by atoms with van der Waals surface area (Å²) < 4.78 is 22.8. The molecule has 1 atom stereocenters. The third kappa shape index (κ3) is 4.78. The zero-order chi connectivity index (χ0) is 14.5. The Morgan fingerprint density at radius 3 is 2.16 bits per heavy atom. The first-order chi connectivity index (χ1) is 8.88. The average Bonchev–Trinajstić information content (AvgIpc) is 2.38. The lowest BCUT2D eigenvalue weighted by atomic mass is 9.91. The standard InChI is InChI=1S/C15H22O3S/c1-4-12(6-9-14(16)5-2)13-7-10-15(11-8-13)19(3,17)18/h7-8,10-12H,4-6,9H2,1-3H3. The summed E-state index contributed by atoms with van der Waals surface area (Å²) in [6.45, 7) is 3.97. The van der Waals surface area contributed by atoms with Gasteiger partial charge in [0.25, 0.3) is 0 Å². The SMILES string of the molecule is CCC(=O)CCC(CC)c1ccc(S(C)(=O)=O)cc1. The molecule has 0 aliphatic heterocycles. The van der Waals surface area contributed by atoms with Crippen molar-refractivity contribution in [3.63, 3.8) is 0 Å². The van der Waals surface area contributed by atoms with Crippen molar-refractivity contribution in [2.75, 3.05) is 6.26 Å². The predicted octanol–water partition coefficient (Wildman–Crippen LogP) is 3.34. The Morgan fingerprint density at radius 2 is 1.74 bits per heavy atom. The number of Topliss-reactive ketones (excluding diaryl/α,β-unsaturated/α-hetero) is 1. The largest absolute Gasteiger partial charge is 0.300 e. The van der Waals surface area contributed by atoms with E-state index >= 15 is 0 Å². The zero-order valence-electron chi connectivity index (χ0n) is 11.8. The van der Waals surface area contributed by atoms with Gasteiger partial charge in [0.2, 0.25) is 0 Å². The maximum atomic E-state index is 11.4. The van der Waals surface area contributed by atoms with Crippen molar-refractivity contribution in [1.82, 2.24) is 0 Å². The molecule has 3 nitrogen and oxygen atoms in total. The second-order valence-corrected chi connectivity index (χ2v) is 6.89. The lowest BCUT2D eigenvalue weighted by Gasteiger charge is -2.15. The number of ketones is 1. The minimum absolute atomic E-state index is 0.284. The van der Waals surface area contributed by atoms with Crippen LogP contribution in [0.2, 0.25) is 0 Å². The third-order valence-corrected chi connectivity index (χ3v) is 4.57. The molecule has 106 valence electrons. The van der Waals surface area contributed by atoms with Crippen molar-refractivity contribution in [2.24, 2.45) is 0 Å². The summed E-state index contributed by atoms with van der Waals surface area (Å²) in [4.78, 5) is 11.7. The van der Waals surface area contributed by atoms with Crippen molar-refractivity contribution in [3.8, 4) is 0 Å². The van der Waals surface area contributed by atoms with Gasteiger partial charge < -0.3 is 0 Å². The van der Waals surface area contributed by atoms with Crippen LogP contribution in [0.1, 0.15) is 51.0 Å². The number of carbonyl (C=O) groups excluding carboxylic acids is 1. The molecule has 1 unspecified atom stereocenters. The fourth-order valence-electron chi connectivity index (χ4n) is 2.11. The second kappa shape index (κ2) is 6.85. The van der Waals surface area contributed by atoms with Crippen LogP contribution in [-0.4, -0.2) is 20.5 Å². The maximum absolute atomic E-state index is 11.4. The number of rotatable bonds is 7. The molecule has 0 aromatic heterocycles. The molecule has 0 radical (unpaired) electrons. The van der Waals surface area contributed by atoms with Crippen molar-refractivity contribution in [3.05, 3.63) is 29.8 Å². The van der Waals surface area contributed by atoms with Crippen molar-refractivity contribution >= 4 is 15.6 Å². The molecule has 4 heteroatoms. The molecule has 0 amide bonds. The molecule has 0 fully saturated rings. The Labute approximate surface area is 116 Å². The van der Waals surface area contributed by atoms with Crippen LogP contribution in [0.3, 0.4) is 0 Å². The lowest BCUT2D eigenvalue weighted by Crippen LogP contribution is -2.03. The smallest absolute Gasteiger partial charge is 0.175 e. The van der Waals surface area contributed by atoms with Crippen LogP contribution in [0.4, 0.5) is 0 Å². The second-order valence-electron chi connectivity index (χ2n) is 4.88. The summed E-state index contributed by atoms with van der Waals surface area (Å²) in [6, 6.07) is 7.02. The van der Waals surface area contributed by atoms with E-state index in [1.54, 1.807) is 12.1 Å². The molecule has 0 N–H and O–H groups in total. The molecule has 1 rings (SSSR count). The normalized spacial score (nSPS) is 13.2. The summed E-state index contributed by atoms with van der Waals surface area (Å²) in [7, 11) is -3.14. The average molecular weight is 282 g/mol. The van der Waals surface area contributed by atoms with Crippen molar-refractivity contribution < 1.29 is 13.2 Å². The molecule has 19 heavy (non-hydrogen) atoms. The summed E-state index contributed by atoms with van der Waals surface area (Å²) in [5, 5.41) is 0. The summed E-state index contributed by atoms with van der Waals surface area (Å²) in [6.07, 6.45) is 4.18. The van der Waals surface area contributed by atoms with E-state index in [-0.39, 0.29) is 5.78 Å². The molecule has 0 aliphatic rings. The van der Waals surface area contributed by atoms with Crippen LogP contribution < -0.4 is 0 Å². The number of benzene rings is 1. The van der Waals surface area contributed by atoms with Gasteiger partial charge in [0.15, 0.2) is 9.84 Å². The molecule has 0 heterocycles. The third-order valence-electron chi connectivity index (χ3n) is 3.44. The fraction of sp³-hybridized carbons (Fsp3) is 0.533. The molecule has 0 aliphatic carbocycles. The molecule has 0 bridgehead atoms. The number of sulfone groups is 1. The Morgan fingerprint density at radius 1 is 1.16 bits per heavy atom. The van der Waals surface area contributed by atoms with E-state index in [1.165, 1.54) is 6.26 Å². The first-order valence-electron chi connectivity index (χ1n) is 6.70. The first kappa shape index (κ1) is 15.9. The van der Waals surface area contributed by atoms with E-state index in [1.807, 2.05) is 19.1 Å². The Kier molecular flexibility index (Phi) is 5.73. The van der Waals surface area contributed by atoms with Crippen molar-refractivity contribution in [1.29, 1.82) is 0 Å². The van der Waals surface area contributed by atoms with E-state index in [0.29, 0.717) is 23.7 Å². The number of hydrogen-bond acceptors (Lipinski definition) is 3. The minimum atomic E-state index is -3.14. The van der Waals surface area contributed by atoms with Gasteiger partial charge in [-0.1, -0.05) is 26.0 Å². The number of carbonyl (C=O) groups is 1. The maximum Gasteiger partial charge on any atom is 0.175 e. The highest BCUT2D eigenvalue weighted by Crippen LogP contribution is 2.26. The summed E-state index contributed by atoms with van der Waals surface area (Å²) in [5.74, 6) is 0.607. The van der Waals surface area contributed by atoms with Gasteiger partial charge in [-0.2, -0.15) is 0 Å². The topological polar surface area (TPSA) is 51.2 Å². The molecule has 0 saturated heterocycles. The van der Waals surface area contributed by atoms with Crippen LogP contribution in [0, 0.1) is 0 Å². The van der Waals surface area contributed by atoms with Crippen LogP contribution >= 0.6 is 0 Å². The number of hydrogen-bond donors (Lipinski definition) is 0. The zero-order valence-corrected chi connectivity index (χ0v) is 12.7. The highest BCUT2D eigenvalue weighted by Gasteiger charge is 2.13. The molecule has 0 saturated carbocycles. The minimum Gasteiger partial charge on any atom is -0.300 e. The highest BCUT2D eigenvalue weighted by molar-refractivity contribution is 7.90. The van der Waals surface area contributed by atoms with Crippen LogP contribution in [0.25, 0.3) is 0 Å². The van der Waals surface area contributed by atoms with Gasteiger partial charge >= 0.3 is 0 Å². The van der Waals surface area contributed by atoms with Gasteiger partial charge in [0.1, 0.15) is 5.78 Å². The van der Waals surface area contributed by atoms with E-state index in [0.717, 1.165) is 18.4 Å². The molecular weight excluding hydrogens is 260 g/mol. The van der Waals surface area contributed by atoms with Crippen molar-refractivity contribution in [2.45, 2.75) is 50.3 Å². The highest BCUT2D eigenvalue weighted by atomic mass is 32.2. The Hall–Kier alpha value is -1.16. The van der Waals surface area contributed by atoms with Gasteiger partial charge in [-0.15, -0.1) is 0 Å². The predicted molar refractivity (Wildman–Crippen MR) is 77.1 cm³/mol. The monoisotopic (exact) mass is 282 g/mol. The van der Waals surface area contributed by atoms with E-state index < -0.39 is 9.84 Å².